The fourth-order valence-corrected chi connectivity index (χ4v) is 2.47. The van der Waals surface area contributed by atoms with Crippen LogP contribution in [0.15, 0.2) is 17.3 Å². The lowest BCUT2D eigenvalue weighted by Crippen LogP contribution is -2.07. The van der Waals surface area contributed by atoms with E-state index in [4.69, 9.17) is 0 Å². The van der Waals surface area contributed by atoms with Crippen molar-refractivity contribution in [2.75, 3.05) is 6.26 Å². The molecule has 0 bridgehead atoms. The van der Waals surface area contributed by atoms with Crippen LogP contribution in [-0.2, 0) is 0 Å². The van der Waals surface area contributed by atoms with Gasteiger partial charge in [-0.25, -0.2) is 0 Å². The molecular formula is C9H14N2S. The summed E-state index contributed by atoms with van der Waals surface area (Å²) in [7, 11) is 0. The maximum Gasteiger partial charge on any atom is 0.0940 e. The average Bonchev–Trinajstić information content (AvgIpc) is 2.74. The zero-order chi connectivity index (χ0) is 8.39. The molecule has 0 aromatic carbocycles. The summed E-state index contributed by atoms with van der Waals surface area (Å²) >= 11 is 1.79. The Morgan fingerprint density at radius 1 is 1.50 bits per heavy atom. The number of hydrogen-bond donors (Lipinski definition) is 0. The van der Waals surface area contributed by atoms with Gasteiger partial charge in [0.15, 0.2) is 0 Å². The molecule has 2 nitrogen and oxygen atoms in total. The van der Waals surface area contributed by atoms with Gasteiger partial charge in [-0.1, -0.05) is 12.8 Å². The van der Waals surface area contributed by atoms with Crippen LogP contribution in [0.3, 0.4) is 0 Å². The van der Waals surface area contributed by atoms with E-state index in [1.807, 2.05) is 6.20 Å². The zero-order valence-corrected chi connectivity index (χ0v) is 8.18. The molecule has 0 N–H and O–H groups in total. The summed E-state index contributed by atoms with van der Waals surface area (Å²) in [6.07, 6.45) is 9.40. The molecule has 1 aromatic rings. The Hall–Kier alpha value is -0.440. The van der Waals surface area contributed by atoms with Crippen LogP contribution in [0, 0.1) is 0 Å². The van der Waals surface area contributed by atoms with Crippen molar-refractivity contribution in [3.8, 4) is 0 Å². The Morgan fingerprint density at radius 2 is 2.25 bits per heavy atom. The minimum absolute atomic E-state index is 0.683. The van der Waals surface area contributed by atoms with E-state index in [2.05, 4.69) is 22.1 Å². The Morgan fingerprint density at radius 3 is 2.92 bits per heavy atom. The van der Waals surface area contributed by atoms with Crippen molar-refractivity contribution in [3.05, 3.63) is 12.3 Å². The van der Waals surface area contributed by atoms with Crippen molar-refractivity contribution >= 4 is 11.8 Å². The van der Waals surface area contributed by atoms with Crippen LogP contribution in [0.25, 0.3) is 0 Å². The molecular weight excluding hydrogens is 168 g/mol. The van der Waals surface area contributed by atoms with Crippen molar-refractivity contribution in [2.24, 2.45) is 0 Å². The van der Waals surface area contributed by atoms with Gasteiger partial charge in [-0.15, -0.1) is 11.8 Å². The number of thioether (sulfide) groups is 1. The first-order valence-corrected chi connectivity index (χ1v) is 5.72. The molecule has 12 heavy (non-hydrogen) atoms. The fourth-order valence-electron chi connectivity index (χ4n) is 1.89. The number of hydrogen-bond acceptors (Lipinski definition) is 2. The predicted octanol–water partition coefficient (Wildman–Crippen LogP) is 2.72. The Bertz CT molecular complexity index is 251. The Labute approximate surface area is 77.3 Å². The van der Waals surface area contributed by atoms with Crippen LogP contribution in [0.1, 0.15) is 31.7 Å². The van der Waals surface area contributed by atoms with Crippen molar-refractivity contribution in [2.45, 2.75) is 36.8 Å². The van der Waals surface area contributed by atoms with E-state index in [0.29, 0.717) is 6.04 Å². The van der Waals surface area contributed by atoms with Crippen LogP contribution >= 0.6 is 11.8 Å². The van der Waals surface area contributed by atoms with Gasteiger partial charge in [0.2, 0.25) is 0 Å². The lowest BCUT2D eigenvalue weighted by atomic mass is 10.3. The van der Waals surface area contributed by atoms with E-state index < -0.39 is 0 Å². The van der Waals surface area contributed by atoms with Gasteiger partial charge in [0, 0.05) is 0 Å². The molecule has 66 valence electrons. The highest BCUT2D eigenvalue weighted by Crippen LogP contribution is 2.31. The molecule has 0 spiro atoms. The molecule has 0 aliphatic heterocycles. The standard InChI is InChI=1S/C9H14N2S/c1-12-9-6-7-10-11(9)8-4-2-3-5-8/h6-8H,2-5H2,1H3. The predicted molar refractivity (Wildman–Crippen MR) is 51.5 cm³/mol. The van der Waals surface area contributed by atoms with Crippen molar-refractivity contribution in [3.63, 3.8) is 0 Å². The summed E-state index contributed by atoms with van der Waals surface area (Å²) < 4.78 is 2.19. The van der Waals surface area contributed by atoms with Gasteiger partial charge in [0.1, 0.15) is 0 Å². The van der Waals surface area contributed by atoms with Gasteiger partial charge in [0.25, 0.3) is 0 Å². The van der Waals surface area contributed by atoms with E-state index in [1.54, 1.807) is 11.8 Å². The highest BCUT2D eigenvalue weighted by atomic mass is 32.2. The maximum atomic E-state index is 4.36. The molecule has 0 saturated heterocycles. The van der Waals surface area contributed by atoms with Crippen LogP contribution in [0.4, 0.5) is 0 Å². The van der Waals surface area contributed by atoms with Crippen LogP contribution in [0.2, 0.25) is 0 Å². The van der Waals surface area contributed by atoms with E-state index in [9.17, 15) is 0 Å². The van der Waals surface area contributed by atoms with Gasteiger partial charge >= 0.3 is 0 Å². The van der Waals surface area contributed by atoms with Crippen molar-refractivity contribution in [1.82, 2.24) is 9.78 Å². The lowest BCUT2D eigenvalue weighted by Gasteiger charge is -2.12. The number of rotatable bonds is 2. The molecule has 1 aliphatic rings. The van der Waals surface area contributed by atoms with Gasteiger partial charge < -0.3 is 0 Å². The summed E-state index contributed by atoms with van der Waals surface area (Å²) in [5.74, 6) is 0. The number of nitrogens with zero attached hydrogens (tertiary/aromatic N) is 2. The van der Waals surface area contributed by atoms with Crippen LogP contribution in [0.5, 0.6) is 0 Å². The summed E-state index contributed by atoms with van der Waals surface area (Å²) in [6.45, 7) is 0. The third kappa shape index (κ3) is 1.38. The second-order valence-corrected chi connectivity index (χ2v) is 4.08. The van der Waals surface area contributed by atoms with Gasteiger partial charge in [-0.3, -0.25) is 4.68 Å². The molecule has 3 heteroatoms. The minimum Gasteiger partial charge on any atom is -0.256 e. The molecule has 1 aliphatic carbocycles. The molecule has 1 saturated carbocycles. The van der Waals surface area contributed by atoms with Crippen LogP contribution < -0.4 is 0 Å². The lowest BCUT2D eigenvalue weighted by molar-refractivity contribution is 0.435. The smallest absolute Gasteiger partial charge is 0.0940 e. The monoisotopic (exact) mass is 182 g/mol. The molecule has 1 aromatic heterocycles. The quantitative estimate of drug-likeness (QED) is 0.654. The molecule has 1 heterocycles. The first kappa shape index (κ1) is 8.17. The first-order chi connectivity index (χ1) is 5.92. The van der Waals surface area contributed by atoms with E-state index >= 15 is 0 Å². The molecule has 2 rings (SSSR count). The SMILES string of the molecule is CSc1ccnn1C1CCCC1. The topological polar surface area (TPSA) is 17.8 Å². The third-order valence-corrected chi connectivity index (χ3v) is 3.26. The Balaban J connectivity index is 2.19. The first-order valence-electron chi connectivity index (χ1n) is 4.49. The molecule has 0 amide bonds. The van der Waals surface area contributed by atoms with Gasteiger partial charge in [-0.05, 0) is 25.2 Å². The van der Waals surface area contributed by atoms with E-state index in [1.165, 1.54) is 30.7 Å². The third-order valence-electron chi connectivity index (χ3n) is 2.51. The molecule has 0 atom stereocenters. The zero-order valence-electron chi connectivity index (χ0n) is 7.36. The van der Waals surface area contributed by atoms with E-state index in [-0.39, 0.29) is 0 Å². The summed E-state index contributed by atoms with van der Waals surface area (Å²) in [4.78, 5) is 0. The highest BCUT2D eigenvalue weighted by Gasteiger charge is 2.18. The van der Waals surface area contributed by atoms with Crippen LogP contribution in [-0.4, -0.2) is 16.0 Å². The molecule has 0 radical (unpaired) electrons. The van der Waals surface area contributed by atoms with Gasteiger partial charge in [0.05, 0.1) is 17.3 Å². The summed E-state index contributed by atoms with van der Waals surface area (Å²) in [5, 5.41) is 5.67. The average molecular weight is 182 g/mol. The van der Waals surface area contributed by atoms with E-state index in [0.717, 1.165) is 0 Å². The Kier molecular flexibility index (Phi) is 2.40. The van der Waals surface area contributed by atoms with Crippen molar-refractivity contribution in [1.29, 1.82) is 0 Å². The second-order valence-electron chi connectivity index (χ2n) is 3.26. The maximum absolute atomic E-state index is 4.36. The summed E-state index contributed by atoms with van der Waals surface area (Å²) in [5.41, 5.74) is 0. The number of aromatic nitrogens is 2. The fraction of sp³-hybridized carbons (Fsp3) is 0.667. The molecule has 0 unspecified atom stereocenters. The summed E-state index contributed by atoms with van der Waals surface area (Å²) in [6, 6.07) is 2.78. The minimum atomic E-state index is 0.683. The van der Waals surface area contributed by atoms with Gasteiger partial charge in [-0.2, -0.15) is 5.10 Å². The second kappa shape index (κ2) is 3.52. The molecule has 1 fully saturated rings. The largest absolute Gasteiger partial charge is 0.256 e. The normalized spacial score (nSPS) is 18.8. The van der Waals surface area contributed by atoms with Crippen molar-refractivity contribution < 1.29 is 0 Å². The highest BCUT2D eigenvalue weighted by molar-refractivity contribution is 7.98.